The van der Waals surface area contributed by atoms with Gasteiger partial charge >= 0.3 is 0 Å². The van der Waals surface area contributed by atoms with Crippen molar-refractivity contribution in [3.05, 3.63) is 0 Å². The van der Waals surface area contributed by atoms with Crippen molar-refractivity contribution in [2.75, 3.05) is 26.2 Å². The van der Waals surface area contributed by atoms with Gasteiger partial charge in [0.15, 0.2) is 0 Å². The van der Waals surface area contributed by atoms with Crippen LogP contribution in [0, 0.1) is 17.2 Å². The molecule has 1 aliphatic heterocycles. The van der Waals surface area contributed by atoms with Crippen LogP contribution in [0.2, 0.25) is 0 Å². The summed E-state index contributed by atoms with van der Waals surface area (Å²) in [6.07, 6.45) is 7.78. The summed E-state index contributed by atoms with van der Waals surface area (Å²) >= 11 is 0. The van der Waals surface area contributed by atoms with E-state index in [2.05, 4.69) is 30.1 Å². The van der Waals surface area contributed by atoms with Gasteiger partial charge in [0.1, 0.15) is 6.04 Å². The van der Waals surface area contributed by atoms with Crippen LogP contribution in [-0.4, -0.2) is 37.1 Å². The molecule has 2 atom stereocenters. The fraction of sp³-hybridized carbons (Fsp3) is 0.933. The molecule has 3 heteroatoms. The molecule has 1 aliphatic rings. The van der Waals surface area contributed by atoms with Crippen molar-refractivity contribution in [1.29, 1.82) is 5.26 Å². The molecule has 0 bridgehead atoms. The maximum absolute atomic E-state index is 9.15. The van der Waals surface area contributed by atoms with Gasteiger partial charge in [-0.15, -0.1) is 0 Å². The first-order valence-corrected chi connectivity index (χ1v) is 7.65. The Morgan fingerprint density at radius 2 is 2.11 bits per heavy atom. The summed E-state index contributed by atoms with van der Waals surface area (Å²) in [7, 11) is 0. The predicted octanol–water partition coefficient (Wildman–Crippen LogP) is 2.78. The molecule has 0 aliphatic carbocycles. The third-order valence-corrected chi connectivity index (χ3v) is 3.87. The smallest absolute Gasteiger partial charge is 0.108 e. The van der Waals surface area contributed by atoms with Gasteiger partial charge in [-0.05, 0) is 51.2 Å². The lowest BCUT2D eigenvalue weighted by molar-refractivity contribution is 0.262. The van der Waals surface area contributed by atoms with E-state index in [-0.39, 0.29) is 6.04 Å². The lowest BCUT2D eigenvalue weighted by Gasteiger charge is -2.23. The minimum absolute atomic E-state index is 0.00711. The Kier molecular flexibility index (Phi) is 8.04. The van der Waals surface area contributed by atoms with Crippen molar-refractivity contribution < 1.29 is 0 Å². The standard InChI is InChI=1S/C15H29N3/c1-3-6-14-7-5-10-18(11-8-14)13-15(12-16)17-9-4-2/h14-15,17H,3-11,13H2,1-2H3. The van der Waals surface area contributed by atoms with Gasteiger partial charge in [-0.3, -0.25) is 0 Å². The topological polar surface area (TPSA) is 39.1 Å². The third-order valence-electron chi connectivity index (χ3n) is 3.87. The molecule has 0 aromatic carbocycles. The molecule has 1 heterocycles. The van der Waals surface area contributed by atoms with E-state index in [1.165, 1.54) is 45.2 Å². The molecule has 104 valence electrons. The van der Waals surface area contributed by atoms with Crippen LogP contribution in [0.4, 0.5) is 0 Å². The zero-order valence-electron chi connectivity index (χ0n) is 12.1. The Morgan fingerprint density at radius 3 is 2.78 bits per heavy atom. The second-order valence-corrected chi connectivity index (χ2v) is 5.52. The van der Waals surface area contributed by atoms with Gasteiger partial charge in [0, 0.05) is 6.54 Å². The highest BCUT2D eigenvalue weighted by atomic mass is 15.1. The highest BCUT2D eigenvalue weighted by Crippen LogP contribution is 2.21. The number of hydrogen-bond acceptors (Lipinski definition) is 3. The Bertz CT molecular complexity index is 247. The molecule has 2 unspecified atom stereocenters. The Balaban J connectivity index is 2.31. The van der Waals surface area contributed by atoms with Gasteiger partial charge in [-0.25, -0.2) is 0 Å². The first-order valence-electron chi connectivity index (χ1n) is 7.65. The zero-order valence-corrected chi connectivity index (χ0v) is 12.1. The Labute approximate surface area is 113 Å². The Hall–Kier alpha value is -0.590. The lowest BCUT2D eigenvalue weighted by atomic mass is 9.96. The minimum Gasteiger partial charge on any atom is -0.301 e. The molecule has 18 heavy (non-hydrogen) atoms. The summed E-state index contributed by atoms with van der Waals surface area (Å²) in [6.45, 7) is 8.62. The number of nitrogens with one attached hydrogen (secondary N) is 1. The van der Waals surface area contributed by atoms with E-state index in [0.717, 1.165) is 25.4 Å². The van der Waals surface area contributed by atoms with Crippen LogP contribution >= 0.6 is 0 Å². The minimum atomic E-state index is 0.00711. The van der Waals surface area contributed by atoms with Crippen molar-refractivity contribution in [3.63, 3.8) is 0 Å². The van der Waals surface area contributed by atoms with Crippen LogP contribution in [0.3, 0.4) is 0 Å². The van der Waals surface area contributed by atoms with Gasteiger partial charge < -0.3 is 10.2 Å². The van der Waals surface area contributed by atoms with Crippen LogP contribution < -0.4 is 5.32 Å². The lowest BCUT2D eigenvalue weighted by Crippen LogP contribution is -2.41. The maximum Gasteiger partial charge on any atom is 0.108 e. The van der Waals surface area contributed by atoms with Crippen LogP contribution in [0.1, 0.15) is 52.4 Å². The van der Waals surface area contributed by atoms with Crippen molar-refractivity contribution in [2.24, 2.45) is 5.92 Å². The molecule has 0 aromatic heterocycles. The van der Waals surface area contributed by atoms with Crippen molar-refractivity contribution >= 4 is 0 Å². The van der Waals surface area contributed by atoms with E-state index in [1.54, 1.807) is 0 Å². The van der Waals surface area contributed by atoms with Crippen molar-refractivity contribution in [1.82, 2.24) is 10.2 Å². The predicted molar refractivity (Wildman–Crippen MR) is 76.4 cm³/mol. The number of hydrogen-bond donors (Lipinski definition) is 1. The normalized spacial score (nSPS) is 23.3. The fourth-order valence-electron chi connectivity index (χ4n) is 2.83. The molecule has 0 aromatic rings. The first kappa shape index (κ1) is 15.5. The number of nitrogens with zero attached hydrogens (tertiary/aromatic N) is 2. The maximum atomic E-state index is 9.15. The average Bonchev–Trinajstić information content (AvgIpc) is 2.60. The monoisotopic (exact) mass is 251 g/mol. The molecule has 0 saturated carbocycles. The van der Waals surface area contributed by atoms with E-state index >= 15 is 0 Å². The van der Waals surface area contributed by atoms with Crippen molar-refractivity contribution in [2.45, 2.75) is 58.4 Å². The zero-order chi connectivity index (χ0) is 13.2. The summed E-state index contributed by atoms with van der Waals surface area (Å²) in [6, 6.07) is 2.40. The summed E-state index contributed by atoms with van der Waals surface area (Å²) in [4.78, 5) is 2.48. The highest BCUT2D eigenvalue weighted by Gasteiger charge is 2.18. The van der Waals surface area contributed by atoms with Gasteiger partial charge in [-0.2, -0.15) is 5.26 Å². The summed E-state index contributed by atoms with van der Waals surface area (Å²) in [5.41, 5.74) is 0. The van der Waals surface area contributed by atoms with Gasteiger partial charge in [0.25, 0.3) is 0 Å². The molecule has 1 saturated heterocycles. The first-order chi connectivity index (χ1) is 8.80. The summed E-state index contributed by atoms with van der Waals surface area (Å²) in [5.74, 6) is 0.920. The van der Waals surface area contributed by atoms with Crippen LogP contribution in [0.5, 0.6) is 0 Å². The molecule has 3 nitrogen and oxygen atoms in total. The molecule has 1 fully saturated rings. The van der Waals surface area contributed by atoms with Crippen molar-refractivity contribution in [3.8, 4) is 6.07 Å². The van der Waals surface area contributed by atoms with E-state index < -0.39 is 0 Å². The molecule has 0 radical (unpaired) electrons. The molecule has 0 amide bonds. The van der Waals surface area contributed by atoms with Gasteiger partial charge in [-0.1, -0.05) is 26.7 Å². The summed E-state index contributed by atoms with van der Waals surface area (Å²) < 4.78 is 0. The van der Waals surface area contributed by atoms with E-state index in [1.807, 2.05) is 0 Å². The molecule has 0 spiro atoms. The van der Waals surface area contributed by atoms with E-state index in [0.29, 0.717) is 0 Å². The van der Waals surface area contributed by atoms with Gasteiger partial charge in [0.2, 0.25) is 0 Å². The van der Waals surface area contributed by atoms with Crippen LogP contribution in [-0.2, 0) is 0 Å². The average molecular weight is 251 g/mol. The molecular weight excluding hydrogens is 222 g/mol. The van der Waals surface area contributed by atoms with E-state index in [9.17, 15) is 0 Å². The molecule has 1 N–H and O–H groups in total. The second kappa shape index (κ2) is 9.35. The third kappa shape index (κ3) is 5.84. The van der Waals surface area contributed by atoms with Gasteiger partial charge in [0.05, 0.1) is 6.07 Å². The number of nitriles is 1. The molecule has 1 rings (SSSR count). The fourth-order valence-corrected chi connectivity index (χ4v) is 2.83. The number of likely N-dealkylation sites (tertiary alicyclic amines) is 1. The number of rotatable bonds is 7. The van der Waals surface area contributed by atoms with E-state index in [4.69, 9.17) is 5.26 Å². The SMILES string of the molecule is CCCNC(C#N)CN1CCCC(CCC)CC1. The largest absolute Gasteiger partial charge is 0.301 e. The Morgan fingerprint density at radius 1 is 1.28 bits per heavy atom. The van der Waals surface area contributed by atoms with Crippen LogP contribution in [0.25, 0.3) is 0 Å². The highest BCUT2D eigenvalue weighted by molar-refractivity contribution is 4.92. The molecular formula is C15H29N3. The summed E-state index contributed by atoms with van der Waals surface area (Å²) in [5, 5.41) is 12.5. The van der Waals surface area contributed by atoms with Crippen LogP contribution in [0.15, 0.2) is 0 Å². The quantitative estimate of drug-likeness (QED) is 0.756. The second-order valence-electron chi connectivity index (χ2n) is 5.52.